The van der Waals surface area contributed by atoms with Gasteiger partial charge in [0.2, 0.25) is 0 Å². The molecule has 1 aliphatic heterocycles. The second kappa shape index (κ2) is 5.84. The predicted octanol–water partition coefficient (Wildman–Crippen LogP) is 4.56. The standard InChI is InChI=1S/C17H10Cl2N2O/c18-13-5-3-6-14(19)16(13)17(22)21-12(10-20)9-8-11-4-1-2-7-15(11)21/h1-9,12H. The molecule has 1 unspecified atom stereocenters. The SMILES string of the molecule is N#CC1C=Cc2ccccc2N1C(=O)c1c(Cl)cccc1Cl. The molecule has 22 heavy (non-hydrogen) atoms. The lowest BCUT2D eigenvalue weighted by atomic mass is 10.0. The van der Waals surface area contributed by atoms with E-state index in [1.165, 1.54) is 4.90 Å². The molecule has 0 saturated heterocycles. The minimum Gasteiger partial charge on any atom is -0.288 e. The normalized spacial score (nSPS) is 16.0. The summed E-state index contributed by atoms with van der Waals surface area (Å²) in [6, 6.07) is 13.7. The van der Waals surface area contributed by atoms with E-state index in [-0.39, 0.29) is 21.5 Å². The maximum atomic E-state index is 12.9. The Morgan fingerprint density at radius 1 is 1.09 bits per heavy atom. The van der Waals surface area contributed by atoms with Gasteiger partial charge in [0.05, 0.1) is 27.4 Å². The number of nitriles is 1. The van der Waals surface area contributed by atoms with Crippen molar-refractivity contribution in [3.8, 4) is 6.07 Å². The molecular weight excluding hydrogens is 319 g/mol. The Kier molecular flexibility index (Phi) is 3.89. The third-order valence-electron chi connectivity index (χ3n) is 3.46. The van der Waals surface area contributed by atoms with Crippen molar-refractivity contribution in [2.45, 2.75) is 6.04 Å². The minimum absolute atomic E-state index is 0.205. The maximum Gasteiger partial charge on any atom is 0.262 e. The molecule has 3 rings (SSSR count). The number of para-hydroxylation sites is 1. The number of benzene rings is 2. The summed E-state index contributed by atoms with van der Waals surface area (Å²) in [5.74, 6) is -0.390. The van der Waals surface area contributed by atoms with Gasteiger partial charge in [0.1, 0.15) is 6.04 Å². The molecule has 0 aromatic heterocycles. The molecule has 1 heterocycles. The molecule has 0 N–H and O–H groups in total. The summed E-state index contributed by atoms with van der Waals surface area (Å²) in [4.78, 5) is 14.4. The molecule has 108 valence electrons. The lowest BCUT2D eigenvalue weighted by molar-refractivity contribution is 0.0985. The quantitative estimate of drug-likeness (QED) is 0.770. The fourth-order valence-corrected chi connectivity index (χ4v) is 3.00. The highest BCUT2D eigenvalue weighted by molar-refractivity contribution is 6.40. The zero-order valence-electron chi connectivity index (χ0n) is 11.3. The van der Waals surface area contributed by atoms with Crippen molar-refractivity contribution < 1.29 is 4.79 Å². The van der Waals surface area contributed by atoms with Gasteiger partial charge in [-0.25, -0.2) is 0 Å². The molecule has 0 bridgehead atoms. The van der Waals surface area contributed by atoms with Crippen LogP contribution >= 0.6 is 23.2 Å². The van der Waals surface area contributed by atoms with Crippen LogP contribution in [-0.4, -0.2) is 11.9 Å². The number of rotatable bonds is 1. The van der Waals surface area contributed by atoms with E-state index in [1.807, 2.05) is 24.3 Å². The zero-order chi connectivity index (χ0) is 15.7. The summed E-state index contributed by atoms with van der Waals surface area (Å²) < 4.78 is 0. The first kappa shape index (κ1) is 14.6. The van der Waals surface area contributed by atoms with E-state index < -0.39 is 6.04 Å². The highest BCUT2D eigenvalue weighted by Crippen LogP contribution is 2.33. The number of anilines is 1. The summed E-state index contributed by atoms with van der Waals surface area (Å²) in [5, 5.41) is 9.89. The van der Waals surface area contributed by atoms with Crippen molar-refractivity contribution in [2.75, 3.05) is 4.90 Å². The summed E-state index contributed by atoms with van der Waals surface area (Å²) in [7, 11) is 0. The maximum absolute atomic E-state index is 12.9. The summed E-state index contributed by atoms with van der Waals surface area (Å²) >= 11 is 12.3. The van der Waals surface area contributed by atoms with Crippen LogP contribution in [0.1, 0.15) is 15.9 Å². The van der Waals surface area contributed by atoms with Gasteiger partial charge >= 0.3 is 0 Å². The van der Waals surface area contributed by atoms with E-state index in [0.717, 1.165) is 5.56 Å². The second-order valence-corrected chi connectivity index (χ2v) is 5.58. The van der Waals surface area contributed by atoms with Crippen LogP contribution in [-0.2, 0) is 0 Å². The van der Waals surface area contributed by atoms with Gasteiger partial charge in [0.15, 0.2) is 0 Å². The number of hydrogen-bond acceptors (Lipinski definition) is 2. The zero-order valence-corrected chi connectivity index (χ0v) is 12.8. The van der Waals surface area contributed by atoms with Crippen LogP contribution < -0.4 is 4.90 Å². The van der Waals surface area contributed by atoms with E-state index in [4.69, 9.17) is 23.2 Å². The van der Waals surface area contributed by atoms with Crippen LogP contribution in [0.2, 0.25) is 10.0 Å². The Bertz CT molecular complexity index is 803. The summed E-state index contributed by atoms with van der Waals surface area (Å²) in [5.41, 5.74) is 1.74. The van der Waals surface area contributed by atoms with E-state index in [1.54, 1.807) is 30.3 Å². The van der Waals surface area contributed by atoms with Crippen LogP contribution in [0.3, 0.4) is 0 Å². The average Bonchev–Trinajstić information content (AvgIpc) is 2.53. The molecule has 3 nitrogen and oxygen atoms in total. The van der Waals surface area contributed by atoms with Gasteiger partial charge in [-0.15, -0.1) is 0 Å². The molecule has 0 radical (unpaired) electrons. The Labute approximate surface area is 138 Å². The summed E-state index contributed by atoms with van der Waals surface area (Å²) in [6.45, 7) is 0. The second-order valence-electron chi connectivity index (χ2n) is 4.76. The van der Waals surface area contributed by atoms with E-state index in [9.17, 15) is 10.1 Å². The fourth-order valence-electron chi connectivity index (χ4n) is 2.44. The van der Waals surface area contributed by atoms with Crippen molar-refractivity contribution in [3.05, 3.63) is 69.7 Å². The lowest BCUT2D eigenvalue weighted by Crippen LogP contribution is -2.40. The van der Waals surface area contributed by atoms with Crippen LogP contribution in [0.25, 0.3) is 6.08 Å². The lowest BCUT2D eigenvalue weighted by Gasteiger charge is -2.30. The number of carbonyl (C=O) groups is 1. The fraction of sp³-hybridized carbons (Fsp3) is 0.0588. The molecule has 0 spiro atoms. The van der Waals surface area contributed by atoms with Gasteiger partial charge in [-0.05, 0) is 29.8 Å². The van der Waals surface area contributed by atoms with Crippen molar-refractivity contribution in [3.63, 3.8) is 0 Å². The van der Waals surface area contributed by atoms with Crippen molar-refractivity contribution in [1.82, 2.24) is 0 Å². The molecule has 0 fully saturated rings. The van der Waals surface area contributed by atoms with Gasteiger partial charge in [-0.3, -0.25) is 9.69 Å². The van der Waals surface area contributed by atoms with Gasteiger partial charge in [-0.2, -0.15) is 5.26 Å². The molecule has 1 aliphatic rings. The number of fused-ring (bicyclic) bond motifs is 1. The number of halogens is 2. The Morgan fingerprint density at radius 2 is 1.77 bits per heavy atom. The first-order valence-electron chi connectivity index (χ1n) is 6.58. The topological polar surface area (TPSA) is 44.1 Å². The van der Waals surface area contributed by atoms with E-state index in [0.29, 0.717) is 5.69 Å². The van der Waals surface area contributed by atoms with Crippen molar-refractivity contribution >= 4 is 40.9 Å². The molecule has 0 aliphatic carbocycles. The first-order valence-corrected chi connectivity index (χ1v) is 7.33. The molecule has 2 aromatic rings. The molecule has 0 saturated carbocycles. The largest absolute Gasteiger partial charge is 0.288 e. The predicted molar refractivity (Wildman–Crippen MR) is 88.1 cm³/mol. The third kappa shape index (κ3) is 2.37. The molecule has 1 amide bonds. The van der Waals surface area contributed by atoms with E-state index >= 15 is 0 Å². The Balaban J connectivity index is 2.15. The highest BCUT2D eigenvalue weighted by atomic mass is 35.5. The Morgan fingerprint density at radius 3 is 2.45 bits per heavy atom. The summed E-state index contributed by atoms with van der Waals surface area (Å²) in [6.07, 6.45) is 3.52. The Hall–Kier alpha value is -2.28. The number of nitrogens with zero attached hydrogens (tertiary/aromatic N) is 2. The van der Waals surface area contributed by atoms with Crippen molar-refractivity contribution in [1.29, 1.82) is 5.26 Å². The van der Waals surface area contributed by atoms with E-state index in [2.05, 4.69) is 6.07 Å². The molecular formula is C17H10Cl2N2O. The van der Waals surface area contributed by atoms with Crippen LogP contribution in [0.5, 0.6) is 0 Å². The smallest absolute Gasteiger partial charge is 0.262 e. The van der Waals surface area contributed by atoms with Gasteiger partial charge < -0.3 is 0 Å². The van der Waals surface area contributed by atoms with Crippen molar-refractivity contribution in [2.24, 2.45) is 0 Å². The number of hydrogen-bond donors (Lipinski definition) is 0. The molecule has 1 atom stereocenters. The minimum atomic E-state index is -0.699. The number of amides is 1. The van der Waals surface area contributed by atoms with Crippen LogP contribution in [0.15, 0.2) is 48.5 Å². The van der Waals surface area contributed by atoms with Gasteiger partial charge in [-0.1, -0.05) is 53.5 Å². The van der Waals surface area contributed by atoms with Crippen LogP contribution in [0.4, 0.5) is 5.69 Å². The van der Waals surface area contributed by atoms with Gasteiger partial charge in [0.25, 0.3) is 5.91 Å². The first-order chi connectivity index (χ1) is 10.6. The monoisotopic (exact) mass is 328 g/mol. The van der Waals surface area contributed by atoms with Gasteiger partial charge in [0, 0.05) is 0 Å². The van der Waals surface area contributed by atoms with Crippen LogP contribution in [0, 0.1) is 11.3 Å². The third-order valence-corrected chi connectivity index (χ3v) is 4.09. The molecule has 5 heteroatoms. The average molecular weight is 329 g/mol. The number of carbonyl (C=O) groups excluding carboxylic acids is 1. The molecule has 2 aromatic carbocycles. The highest BCUT2D eigenvalue weighted by Gasteiger charge is 2.30.